The first kappa shape index (κ1) is 15.2. The Balaban J connectivity index is 2.59. The van der Waals surface area contributed by atoms with Crippen LogP contribution >= 0.6 is 0 Å². The molecule has 2 unspecified atom stereocenters. The first-order valence-corrected chi connectivity index (χ1v) is 8.08. The molecule has 0 fully saturated rings. The van der Waals surface area contributed by atoms with Crippen LogP contribution in [0.1, 0.15) is 38.8 Å². The summed E-state index contributed by atoms with van der Waals surface area (Å²) in [6, 6.07) is 9.72. The first-order valence-electron chi connectivity index (χ1n) is 6.36. The van der Waals surface area contributed by atoms with E-state index in [1.165, 1.54) is 0 Å². The molecule has 0 amide bonds. The molecule has 0 heterocycles. The van der Waals surface area contributed by atoms with Crippen molar-refractivity contribution in [1.29, 1.82) is 0 Å². The average molecular weight is 269 g/mol. The van der Waals surface area contributed by atoms with Crippen molar-refractivity contribution in [1.82, 2.24) is 0 Å². The van der Waals surface area contributed by atoms with Crippen LogP contribution in [0.15, 0.2) is 30.3 Å². The molecule has 0 spiro atoms. The zero-order chi connectivity index (χ0) is 13.8. The Kier molecular flexibility index (Phi) is 5.35. The molecule has 0 radical (unpaired) electrons. The molecule has 1 aromatic carbocycles. The third kappa shape index (κ3) is 4.10. The minimum absolute atomic E-state index is 0.103. The monoisotopic (exact) mass is 269 g/mol. The number of rotatable bonds is 6. The van der Waals surface area contributed by atoms with Crippen molar-refractivity contribution in [3.05, 3.63) is 35.9 Å². The van der Waals surface area contributed by atoms with E-state index < -0.39 is 9.84 Å². The fourth-order valence-corrected chi connectivity index (χ4v) is 2.94. The van der Waals surface area contributed by atoms with E-state index in [4.69, 9.17) is 5.73 Å². The number of hydrogen-bond donors (Lipinski definition) is 1. The second-order valence-electron chi connectivity index (χ2n) is 5.12. The molecule has 4 heteroatoms. The molecule has 0 aliphatic heterocycles. The van der Waals surface area contributed by atoms with Gasteiger partial charge in [-0.15, -0.1) is 0 Å². The Morgan fingerprint density at radius 2 is 1.67 bits per heavy atom. The summed E-state index contributed by atoms with van der Waals surface area (Å²) in [5.41, 5.74) is 7.21. The normalized spacial score (nSPS) is 15.6. The fraction of sp³-hybridized carbons (Fsp3) is 0.571. The maximum absolute atomic E-state index is 11.8. The van der Waals surface area contributed by atoms with Gasteiger partial charge >= 0.3 is 0 Å². The number of nitrogens with two attached hydrogens (primary N) is 1. The van der Waals surface area contributed by atoms with E-state index in [1.54, 1.807) is 13.8 Å². The second-order valence-corrected chi connectivity index (χ2v) is 7.79. The SMILES string of the molecule is CC(CCS(=O)(=O)C(C)C)C(N)c1ccccc1. The van der Waals surface area contributed by atoms with Crippen molar-refractivity contribution in [3.63, 3.8) is 0 Å². The van der Waals surface area contributed by atoms with E-state index in [9.17, 15) is 8.42 Å². The maximum Gasteiger partial charge on any atom is 0.152 e. The van der Waals surface area contributed by atoms with Gasteiger partial charge in [0.15, 0.2) is 9.84 Å². The molecule has 0 aromatic heterocycles. The van der Waals surface area contributed by atoms with Crippen LogP contribution in [0, 0.1) is 5.92 Å². The van der Waals surface area contributed by atoms with Crippen molar-refractivity contribution in [2.75, 3.05) is 5.75 Å². The Bertz CT molecular complexity index is 454. The quantitative estimate of drug-likeness (QED) is 0.863. The van der Waals surface area contributed by atoms with Gasteiger partial charge in [-0.25, -0.2) is 8.42 Å². The number of hydrogen-bond acceptors (Lipinski definition) is 3. The molecule has 18 heavy (non-hydrogen) atoms. The lowest BCUT2D eigenvalue weighted by Crippen LogP contribution is -2.24. The summed E-state index contributed by atoms with van der Waals surface area (Å²) >= 11 is 0. The van der Waals surface area contributed by atoms with Gasteiger partial charge < -0.3 is 5.73 Å². The van der Waals surface area contributed by atoms with Gasteiger partial charge in [0.25, 0.3) is 0 Å². The van der Waals surface area contributed by atoms with Gasteiger partial charge in [-0.1, -0.05) is 37.3 Å². The summed E-state index contributed by atoms with van der Waals surface area (Å²) in [7, 11) is -2.96. The zero-order valence-electron chi connectivity index (χ0n) is 11.3. The molecule has 1 aromatic rings. The highest BCUT2D eigenvalue weighted by Crippen LogP contribution is 2.22. The highest BCUT2D eigenvalue weighted by atomic mass is 32.2. The predicted molar refractivity (Wildman–Crippen MR) is 76.1 cm³/mol. The van der Waals surface area contributed by atoms with Crippen molar-refractivity contribution >= 4 is 9.84 Å². The van der Waals surface area contributed by atoms with E-state index in [1.807, 2.05) is 37.3 Å². The van der Waals surface area contributed by atoms with Crippen LogP contribution in [-0.2, 0) is 9.84 Å². The van der Waals surface area contributed by atoms with Gasteiger partial charge in [-0.3, -0.25) is 0 Å². The summed E-state index contributed by atoms with van der Waals surface area (Å²) in [6.45, 7) is 5.45. The van der Waals surface area contributed by atoms with Crippen molar-refractivity contribution < 1.29 is 8.42 Å². The molecule has 0 aliphatic rings. The minimum Gasteiger partial charge on any atom is -0.324 e. The zero-order valence-corrected chi connectivity index (χ0v) is 12.2. The number of sulfone groups is 1. The van der Waals surface area contributed by atoms with Gasteiger partial charge in [0.05, 0.1) is 11.0 Å². The lowest BCUT2D eigenvalue weighted by molar-refractivity contribution is 0.454. The third-order valence-corrected chi connectivity index (χ3v) is 5.61. The van der Waals surface area contributed by atoms with Crippen molar-refractivity contribution in [2.45, 2.75) is 38.5 Å². The van der Waals surface area contributed by atoms with Crippen LogP contribution in [0.25, 0.3) is 0 Å². The summed E-state index contributed by atoms with van der Waals surface area (Å²) in [5, 5.41) is -0.308. The van der Waals surface area contributed by atoms with E-state index in [-0.39, 0.29) is 23.0 Å². The predicted octanol–water partition coefficient (Wildman–Crippen LogP) is 2.54. The molecular weight excluding hydrogens is 246 g/mol. The maximum atomic E-state index is 11.8. The highest BCUT2D eigenvalue weighted by molar-refractivity contribution is 7.91. The topological polar surface area (TPSA) is 60.2 Å². The minimum atomic E-state index is -2.96. The van der Waals surface area contributed by atoms with Gasteiger partial charge in [-0.2, -0.15) is 0 Å². The fourth-order valence-electron chi connectivity index (χ4n) is 1.77. The summed E-state index contributed by atoms with van der Waals surface area (Å²) < 4.78 is 23.5. The van der Waals surface area contributed by atoms with E-state index >= 15 is 0 Å². The van der Waals surface area contributed by atoms with Gasteiger partial charge in [0, 0.05) is 6.04 Å². The lowest BCUT2D eigenvalue weighted by atomic mass is 9.93. The summed E-state index contributed by atoms with van der Waals surface area (Å²) in [5.74, 6) is 0.368. The van der Waals surface area contributed by atoms with E-state index in [2.05, 4.69) is 0 Å². The molecule has 2 atom stereocenters. The largest absolute Gasteiger partial charge is 0.324 e. The van der Waals surface area contributed by atoms with Crippen LogP contribution in [0.5, 0.6) is 0 Å². The Morgan fingerprint density at radius 1 is 1.11 bits per heavy atom. The van der Waals surface area contributed by atoms with E-state index in [0.717, 1.165) is 5.56 Å². The lowest BCUT2D eigenvalue weighted by Gasteiger charge is -2.20. The Hall–Kier alpha value is -0.870. The van der Waals surface area contributed by atoms with Crippen LogP contribution in [0.3, 0.4) is 0 Å². The van der Waals surface area contributed by atoms with Crippen molar-refractivity contribution in [3.8, 4) is 0 Å². The molecule has 2 N–H and O–H groups in total. The van der Waals surface area contributed by atoms with Gasteiger partial charge in [-0.05, 0) is 31.7 Å². The molecule has 102 valence electrons. The molecule has 3 nitrogen and oxygen atoms in total. The van der Waals surface area contributed by atoms with Crippen molar-refractivity contribution in [2.24, 2.45) is 11.7 Å². The average Bonchev–Trinajstić information content (AvgIpc) is 2.36. The molecular formula is C14H23NO2S. The molecule has 0 saturated heterocycles. The Morgan fingerprint density at radius 3 is 2.17 bits per heavy atom. The van der Waals surface area contributed by atoms with Crippen LogP contribution < -0.4 is 5.73 Å². The molecule has 0 bridgehead atoms. The highest BCUT2D eigenvalue weighted by Gasteiger charge is 2.20. The number of benzene rings is 1. The third-order valence-electron chi connectivity index (χ3n) is 3.37. The smallest absolute Gasteiger partial charge is 0.152 e. The molecule has 0 aliphatic carbocycles. The standard InChI is InChI=1S/C14H23NO2S/c1-11(2)18(16,17)10-9-12(3)14(15)13-7-5-4-6-8-13/h4-8,11-12,14H,9-10,15H2,1-3H3. The summed E-state index contributed by atoms with van der Waals surface area (Å²) in [6.07, 6.45) is 0.608. The van der Waals surface area contributed by atoms with Gasteiger partial charge in [0.1, 0.15) is 0 Å². The van der Waals surface area contributed by atoms with Gasteiger partial charge in [0.2, 0.25) is 0 Å². The summed E-state index contributed by atoms with van der Waals surface area (Å²) in [4.78, 5) is 0. The first-order chi connectivity index (χ1) is 8.34. The van der Waals surface area contributed by atoms with Crippen LogP contribution in [-0.4, -0.2) is 19.4 Å². The van der Waals surface area contributed by atoms with Crippen LogP contribution in [0.2, 0.25) is 0 Å². The molecule has 1 rings (SSSR count). The molecule has 0 saturated carbocycles. The second kappa shape index (κ2) is 6.34. The Labute approximate surface area is 110 Å². The van der Waals surface area contributed by atoms with E-state index in [0.29, 0.717) is 6.42 Å². The van der Waals surface area contributed by atoms with Crippen LogP contribution in [0.4, 0.5) is 0 Å².